The lowest BCUT2D eigenvalue weighted by molar-refractivity contribution is 0.437. The van der Waals surface area contributed by atoms with Gasteiger partial charge in [-0.2, -0.15) is 0 Å². The maximum absolute atomic E-state index is 12.0. The Bertz CT molecular complexity index is 516. The van der Waals surface area contributed by atoms with Crippen LogP contribution >= 0.6 is 11.6 Å². The topological polar surface area (TPSA) is 46.2 Å². The Balaban J connectivity index is 2.11. The van der Waals surface area contributed by atoms with Crippen molar-refractivity contribution in [3.63, 3.8) is 0 Å². The van der Waals surface area contributed by atoms with Crippen molar-refractivity contribution in [1.29, 1.82) is 0 Å². The number of hydrogen-bond donors (Lipinski definition) is 1. The van der Waals surface area contributed by atoms with E-state index in [-0.39, 0.29) is 4.90 Å². The Hall–Kier alpha value is -0.840. The molecule has 3 nitrogen and oxygen atoms in total. The van der Waals surface area contributed by atoms with E-state index in [4.69, 9.17) is 11.6 Å². The van der Waals surface area contributed by atoms with Crippen LogP contribution in [0.15, 0.2) is 40.6 Å². The van der Waals surface area contributed by atoms with Crippen LogP contribution in [0.3, 0.4) is 0 Å². The van der Waals surface area contributed by atoms with Crippen LogP contribution in [-0.4, -0.2) is 21.5 Å². The minimum Gasteiger partial charge on any atom is -0.317 e. The van der Waals surface area contributed by atoms with Crippen LogP contribution in [0.25, 0.3) is 0 Å². The van der Waals surface area contributed by atoms with E-state index in [9.17, 15) is 8.42 Å². The maximum Gasteiger partial charge on any atom is 0.199 e. The number of piperidine rings is 1. The van der Waals surface area contributed by atoms with Crippen molar-refractivity contribution in [3.05, 3.63) is 40.8 Å². The van der Waals surface area contributed by atoms with Gasteiger partial charge in [-0.1, -0.05) is 17.7 Å². The SMILES string of the molecule is O=S(=O)(/C=C/C1CCNCC1)c1ccc(Cl)cc1. The second-order valence-corrected chi connectivity index (χ2v) is 6.68. The Morgan fingerprint density at radius 1 is 1.17 bits per heavy atom. The lowest BCUT2D eigenvalue weighted by Gasteiger charge is -2.19. The van der Waals surface area contributed by atoms with E-state index in [1.807, 2.05) is 6.08 Å². The van der Waals surface area contributed by atoms with Crippen LogP contribution in [0.1, 0.15) is 12.8 Å². The molecule has 0 spiro atoms. The second-order valence-electron chi connectivity index (χ2n) is 4.41. The zero-order chi connectivity index (χ0) is 13.0. The molecule has 98 valence electrons. The van der Waals surface area contributed by atoms with E-state index in [0.717, 1.165) is 25.9 Å². The molecular weight excluding hydrogens is 270 g/mol. The number of halogens is 1. The fourth-order valence-corrected chi connectivity index (χ4v) is 3.18. The minimum absolute atomic E-state index is 0.289. The van der Waals surface area contributed by atoms with Crippen LogP contribution in [0, 0.1) is 5.92 Å². The first-order valence-corrected chi connectivity index (χ1v) is 7.90. The zero-order valence-electron chi connectivity index (χ0n) is 9.97. The minimum atomic E-state index is -3.34. The van der Waals surface area contributed by atoms with Gasteiger partial charge < -0.3 is 5.32 Å². The fraction of sp³-hybridized carbons (Fsp3) is 0.385. The predicted octanol–water partition coefficient (Wildman–Crippen LogP) is 2.63. The molecule has 0 bridgehead atoms. The van der Waals surface area contributed by atoms with E-state index in [0.29, 0.717) is 10.9 Å². The highest BCUT2D eigenvalue weighted by molar-refractivity contribution is 7.94. The van der Waals surface area contributed by atoms with Gasteiger partial charge in [-0.05, 0) is 56.1 Å². The molecule has 1 aliphatic heterocycles. The first-order chi connectivity index (χ1) is 8.58. The monoisotopic (exact) mass is 285 g/mol. The Morgan fingerprint density at radius 2 is 1.78 bits per heavy atom. The number of sulfone groups is 1. The van der Waals surface area contributed by atoms with Gasteiger partial charge in [-0.3, -0.25) is 0 Å². The number of nitrogens with one attached hydrogen (secondary N) is 1. The lowest BCUT2D eigenvalue weighted by atomic mass is 9.99. The molecule has 0 aliphatic carbocycles. The van der Waals surface area contributed by atoms with Crippen LogP contribution in [-0.2, 0) is 9.84 Å². The molecule has 1 aromatic carbocycles. The molecule has 1 aliphatic rings. The Kier molecular flexibility index (Phi) is 4.43. The average molecular weight is 286 g/mol. The molecule has 1 fully saturated rings. The van der Waals surface area contributed by atoms with Crippen molar-refractivity contribution in [2.45, 2.75) is 17.7 Å². The van der Waals surface area contributed by atoms with Gasteiger partial charge in [0.2, 0.25) is 0 Å². The molecule has 0 aromatic heterocycles. The summed E-state index contributed by atoms with van der Waals surface area (Å²) >= 11 is 5.74. The van der Waals surface area contributed by atoms with Gasteiger partial charge in [-0.15, -0.1) is 0 Å². The normalized spacial score (nSPS) is 18.3. The van der Waals surface area contributed by atoms with Crippen LogP contribution < -0.4 is 5.32 Å². The summed E-state index contributed by atoms with van der Waals surface area (Å²) in [6.45, 7) is 1.91. The first-order valence-electron chi connectivity index (χ1n) is 5.97. The van der Waals surface area contributed by atoms with Gasteiger partial charge in [0.25, 0.3) is 0 Å². The fourth-order valence-electron chi connectivity index (χ4n) is 1.95. The van der Waals surface area contributed by atoms with E-state index >= 15 is 0 Å². The molecule has 18 heavy (non-hydrogen) atoms. The van der Waals surface area contributed by atoms with E-state index in [1.54, 1.807) is 12.1 Å². The third-order valence-corrected chi connectivity index (χ3v) is 4.75. The maximum atomic E-state index is 12.0. The van der Waals surface area contributed by atoms with Gasteiger partial charge in [0.05, 0.1) is 4.90 Å². The molecule has 2 rings (SSSR count). The van der Waals surface area contributed by atoms with Crippen molar-refractivity contribution in [2.75, 3.05) is 13.1 Å². The van der Waals surface area contributed by atoms with Crippen molar-refractivity contribution >= 4 is 21.4 Å². The lowest BCUT2D eigenvalue weighted by Crippen LogP contribution is -2.26. The van der Waals surface area contributed by atoms with Crippen LogP contribution in [0.2, 0.25) is 5.02 Å². The van der Waals surface area contributed by atoms with Crippen LogP contribution in [0.4, 0.5) is 0 Å². The highest BCUT2D eigenvalue weighted by atomic mass is 35.5. The smallest absolute Gasteiger partial charge is 0.199 e. The quantitative estimate of drug-likeness (QED) is 0.929. The Morgan fingerprint density at radius 3 is 2.39 bits per heavy atom. The van der Waals surface area contributed by atoms with Gasteiger partial charge in [-0.25, -0.2) is 8.42 Å². The number of rotatable bonds is 3. The summed E-state index contributed by atoms with van der Waals surface area (Å²) in [4.78, 5) is 0.289. The molecular formula is C13H16ClNO2S. The van der Waals surface area contributed by atoms with Crippen molar-refractivity contribution in [3.8, 4) is 0 Å². The molecule has 1 saturated heterocycles. The molecule has 0 amide bonds. The first kappa shape index (κ1) is 13.6. The zero-order valence-corrected chi connectivity index (χ0v) is 11.5. The summed E-state index contributed by atoms with van der Waals surface area (Å²) in [6, 6.07) is 6.24. The summed E-state index contributed by atoms with van der Waals surface area (Å²) in [7, 11) is -3.34. The largest absolute Gasteiger partial charge is 0.317 e. The predicted molar refractivity (Wildman–Crippen MR) is 73.4 cm³/mol. The number of allylic oxidation sites excluding steroid dienone is 1. The molecule has 0 radical (unpaired) electrons. The average Bonchev–Trinajstić information content (AvgIpc) is 2.38. The van der Waals surface area contributed by atoms with E-state index < -0.39 is 9.84 Å². The summed E-state index contributed by atoms with van der Waals surface area (Å²) in [5, 5.41) is 5.12. The summed E-state index contributed by atoms with van der Waals surface area (Å²) in [5.74, 6) is 0.355. The van der Waals surface area contributed by atoms with Gasteiger partial charge in [0.1, 0.15) is 0 Å². The van der Waals surface area contributed by atoms with Gasteiger partial charge in [0, 0.05) is 10.4 Å². The molecule has 1 aromatic rings. The van der Waals surface area contributed by atoms with E-state index in [2.05, 4.69) is 5.32 Å². The van der Waals surface area contributed by atoms with Gasteiger partial charge in [0.15, 0.2) is 9.84 Å². The standard InChI is InChI=1S/C13H16ClNO2S/c14-12-1-3-13(4-2-12)18(16,17)10-7-11-5-8-15-9-6-11/h1-4,7,10-11,15H,5-6,8-9H2/b10-7+. The molecule has 1 heterocycles. The Labute approximate surface area is 113 Å². The van der Waals surface area contributed by atoms with Crippen molar-refractivity contribution in [2.24, 2.45) is 5.92 Å². The molecule has 0 saturated carbocycles. The van der Waals surface area contributed by atoms with Crippen molar-refractivity contribution < 1.29 is 8.42 Å². The third kappa shape index (κ3) is 3.57. The summed E-state index contributed by atoms with van der Waals surface area (Å²) in [5.41, 5.74) is 0. The molecule has 5 heteroatoms. The van der Waals surface area contributed by atoms with Crippen molar-refractivity contribution in [1.82, 2.24) is 5.32 Å². The molecule has 0 unspecified atom stereocenters. The summed E-state index contributed by atoms with van der Waals surface area (Å²) in [6.07, 6.45) is 3.80. The highest BCUT2D eigenvalue weighted by Crippen LogP contribution is 2.19. The number of benzene rings is 1. The van der Waals surface area contributed by atoms with Gasteiger partial charge >= 0.3 is 0 Å². The second kappa shape index (κ2) is 5.87. The molecule has 0 atom stereocenters. The van der Waals surface area contributed by atoms with E-state index in [1.165, 1.54) is 17.5 Å². The summed E-state index contributed by atoms with van der Waals surface area (Å²) < 4.78 is 24.1. The number of hydrogen-bond acceptors (Lipinski definition) is 3. The highest BCUT2D eigenvalue weighted by Gasteiger charge is 2.13. The molecule has 1 N–H and O–H groups in total. The third-order valence-electron chi connectivity index (χ3n) is 3.06. The van der Waals surface area contributed by atoms with Crippen LogP contribution in [0.5, 0.6) is 0 Å².